The van der Waals surface area contributed by atoms with Gasteiger partial charge in [0.1, 0.15) is 0 Å². The summed E-state index contributed by atoms with van der Waals surface area (Å²) in [6, 6.07) is 13.0. The molecular weight excluding hydrogens is 225 g/mol. The first-order valence-electron chi connectivity index (χ1n) is 5.19. The quantitative estimate of drug-likeness (QED) is 0.618. The van der Waals surface area contributed by atoms with Gasteiger partial charge in [-0.15, -0.1) is 0 Å². The number of halogens is 3. The van der Waals surface area contributed by atoms with Crippen LogP contribution in [0.1, 0.15) is 11.1 Å². The molecule has 0 N–H and O–H groups in total. The van der Waals surface area contributed by atoms with Crippen molar-refractivity contribution in [1.82, 2.24) is 0 Å². The highest BCUT2D eigenvalue weighted by atomic mass is 19.4. The molecule has 0 atom stereocenters. The summed E-state index contributed by atoms with van der Waals surface area (Å²) < 4.78 is 28.8. The van der Waals surface area contributed by atoms with Gasteiger partial charge in [-0.3, -0.25) is 0 Å². The molecule has 0 spiro atoms. The Labute approximate surface area is 97.4 Å². The van der Waals surface area contributed by atoms with Crippen LogP contribution in [0.5, 0.6) is 0 Å². The summed E-state index contributed by atoms with van der Waals surface area (Å²) in [7, 11) is 0. The van der Waals surface area contributed by atoms with Crippen LogP contribution in [0.4, 0.5) is 13.2 Å². The highest BCUT2D eigenvalue weighted by Gasteiger charge is 2.06. The van der Waals surface area contributed by atoms with E-state index in [1.54, 1.807) is 0 Å². The molecule has 0 heterocycles. The van der Waals surface area contributed by atoms with E-state index < -0.39 is 6.68 Å². The zero-order valence-corrected chi connectivity index (χ0v) is 8.96. The second-order valence-electron chi connectivity index (χ2n) is 3.68. The molecule has 0 saturated carbocycles. The molecule has 0 aromatic heterocycles. The molecule has 0 aliphatic heterocycles. The molecule has 0 fully saturated rings. The number of allylic oxidation sites excluding steroid dienone is 1. The molecule has 87 valence electrons. The standard InChI is InChI=1S/C13H10.CF3/c1-4-10-6-2-8-12-9-3-7-11(5-1)13(10)12;2-1(3)4/h1-8H,9H2;. The van der Waals surface area contributed by atoms with E-state index in [1.165, 1.54) is 21.9 Å². The topological polar surface area (TPSA) is 0 Å². The first kappa shape index (κ1) is 11.7. The molecule has 1 radical (unpaired) electrons. The third kappa shape index (κ3) is 2.67. The number of hydrogen-bond donors (Lipinski definition) is 0. The SMILES string of the molecule is C1=Cc2cccc3cccc(c23)C1.F[C](F)F. The fourth-order valence-electron chi connectivity index (χ4n) is 2.07. The number of hydrogen-bond acceptors (Lipinski definition) is 0. The Kier molecular flexibility index (Phi) is 3.47. The highest BCUT2D eigenvalue weighted by Crippen LogP contribution is 2.27. The van der Waals surface area contributed by atoms with Crippen molar-refractivity contribution in [3.63, 3.8) is 0 Å². The van der Waals surface area contributed by atoms with Gasteiger partial charge in [-0.1, -0.05) is 48.6 Å². The summed E-state index contributed by atoms with van der Waals surface area (Å²) in [6.45, 7) is -3.08. The van der Waals surface area contributed by atoms with E-state index in [-0.39, 0.29) is 0 Å². The van der Waals surface area contributed by atoms with Crippen molar-refractivity contribution < 1.29 is 13.2 Å². The maximum atomic E-state index is 9.58. The molecular formula is C14H10F3. The molecule has 1 aliphatic carbocycles. The summed E-state index contributed by atoms with van der Waals surface area (Å²) >= 11 is 0. The van der Waals surface area contributed by atoms with Gasteiger partial charge in [-0.05, 0) is 28.3 Å². The van der Waals surface area contributed by atoms with Crippen molar-refractivity contribution in [2.75, 3.05) is 0 Å². The van der Waals surface area contributed by atoms with E-state index in [0.29, 0.717) is 0 Å². The van der Waals surface area contributed by atoms with Crippen LogP contribution in [0, 0.1) is 6.68 Å². The average Bonchev–Trinajstić information content (AvgIpc) is 2.30. The van der Waals surface area contributed by atoms with Gasteiger partial charge >= 0.3 is 6.68 Å². The Morgan fingerprint density at radius 1 is 0.941 bits per heavy atom. The molecule has 17 heavy (non-hydrogen) atoms. The van der Waals surface area contributed by atoms with Crippen molar-refractivity contribution in [3.05, 3.63) is 60.3 Å². The molecule has 3 heteroatoms. The summed E-state index contributed by atoms with van der Waals surface area (Å²) in [4.78, 5) is 0. The molecule has 0 amide bonds. The van der Waals surface area contributed by atoms with Crippen LogP contribution >= 0.6 is 0 Å². The third-order valence-corrected chi connectivity index (χ3v) is 2.66. The van der Waals surface area contributed by atoms with Crippen molar-refractivity contribution in [2.24, 2.45) is 0 Å². The lowest BCUT2D eigenvalue weighted by atomic mass is 9.93. The van der Waals surface area contributed by atoms with Crippen LogP contribution in [-0.2, 0) is 6.42 Å². The van der Waals surface area contributed by atoms with Gasteiger partial charge < -0.3 is 0 Å². The van der Waals surface area contributed by atoms with Crippen LogP contribution in [0.15, 0.2) is 42.5 Å². The Morgan fingerprint density at radius 2 is 1.59 bits per heavy atom. The van der Waals surface area contributed by atoms with Gasteiger partial charge in [0.2, 0.25) is 0 Å². The van der Waals surface area contributed by atoms with E-state index in [4.69, 9.17) is 0 Å². The monoisotopic (exact) mass is 235 g/mol. The minimum atomic E-state index is -3.08. The maximum absolute atomic E-state index is 9.58. The predicted molar refractivity (Wildman–Crippen MR) is 63.3 cm³/mol. The average molecular weight is 235 g/mol. The minimum absolute atomic E-state index is 1.08. The lowest BCUT2D eigenvalue weighted by Gasteiger charge is -2.11. The molecule has 1 aliphatic rings. The predicted octanol–water partition coefficient (Wildman–Crippen LogP) is 4.75. The van der Waals surface area contributed by atoms with E-state index in [2.05, 4.69) is 48.6 Å². The van der Waals surface area contributed by atoms with E-state index in [0.717, 1.165) is 6.42 Å². The molecule has 3 rings (SSSR count). The second-order valence-corrected chi connectivity index (χ2v) is 3.68. The Balaban J connectivity index is 0.000000239. The van der Waals surface area contributed by atoms with Gasteiger partial charge in [0.25, 0.3) is 0 Å². The summed E-state index contributed by atoms with van der Waals surface area (Å²) in [5, 5.41) is 2.80. The molecule has 0 unspecified atom stereocenters. The van der Waals surface area contributed by atoms with Crippen molar-refractivity contribution in [1.29, 1.82) is 0 Å². The summed E-state index contributed by atoms with van der Waals surface area (Å²) in [6.07, 6.45) is 5.53. The first-order chi connectivity index (χ1) is 8.18. The van der Waals surface area contributed by atoms with Crippen LogP contribution in [0.3, 0.4) is 0 Å². The highest BCUT2D eigenvalue weighted by molar-refractivity contribution is 5.94. The lowest BCUT2D eigenvalue weighted by Crippen LogP contribution is -1.91. The van der Waals surface area contributed by atoms with Crippen molar-refractivity contribution in [3.8, 4) is 0 Å². The maximum Gasteiger partial charge on any atom is 0.487 e. The van der Waals surface area contributed by atoms with Crippen LogP contribution in [0.25, 0.3) is 16.8 Å². The zero-order valence-electron chi connectivity index (χ0n) is 8.96. The van der Waals surface area contributed by atoms with Crippen LogP contribution in [-0.4, -0.2) is 0 Å². The third-order valence-electron chi connectivity index (χ3n) is 2.66. The van der Waals surface area contributed by atoms with Gasteiger partial charge in [0.05, 0.1) is 0 Å². The first-order valence-corrected chi connectivity index (χ1v) is 5.19. The fraction of sp³-hybridized carbons (Fsp3) is 0.0714. The fourth-order valence-corrected chi connectivity index (χ4v) is 2.07. The smallest absolute Gasteiger partial charge is 0.162 e. The van der Waals surface area contributed by atoms with Gasteiger partial charge in [0.15, 0.2) is 0 Å². The van der Waals surface area contributed by atoms with Gasteiger partial charge in [-0.2, -0.15) is 13.2 Å². The molecule has 2 aromatic rings. The van der Waals surface area contributed by atoms with E-state index >= 15 is 0 Å². The van der Waals surface area contributed by atoms with Crippen LogP contribution in [0.2, 0.25) is 0 Å². The lowest BCUT2D eigenvalue weighted by molar-refractivity contribution is 0.142. The summed E-state index contributed by atoms with van der Waals surface area (Å²) in [5.74, 6) is 0. The van der Waals surface area contributed by atoms with E-state index in [9.17, 15) is 13.2 Å². The summed E-state index contributed by atoms with van der Waals surface area (Å²) in [5.41, 5.74) is 2.81. The largest absolute Gasteiger partial charge is 0.487 e. The Hall–Kier alpha value is -1.77. The van der Waals surface area contributed by atoms with Crippen molar-refractivity contribution >= 4 is 16.8 Å². The van der Waals surface area contributed by atoms with Crippen LogP contribution < -0.4 is 0 Å². The Morgan fingerprint density at radius 3 is 2.29 bits per heavy atom. The normalized spacial score (nSPS) is 12.5. The van der Waals surface area contributed by atoms with E-state index in [1.807, 2.05) is 0 Å². The zero-order chi connectivity index (χ0) is 12.3. The molecule has 0 bridgehead atoms. The van der Waals surface area contributed by atoms with Gasteiger partial charge in [0, 0.05) is 0 Å². The van der Waals surface area contributed by atoms with Crippen molar-refractivity contribution in [2.45, 2.75) is 6.42 Å². The Bertz CT molecular complexity index is 536. The molecule has 0 saturated heterocycles. The minimum Gasteiger partial charge on any atom is -0.162 e. The van der Waals surface area contributed by atoms with Gasteiger partial charge in [-0.25, -0.2) is 0 Å². The molecule has 0 nitrogen and oxygen atoms in total. The molecule has 2 aromatic carbocycles. The number of benzene rings is 2. The number of rotatable bonds is 0. The second kappa shape index (κ2) is 5.04.